The van der Waals surface area contributed by atoms with Crippen LogP contribution in [0.3, 0.4) is 0 Å². The average molecular weight is 253 g/mol. The van der Waals surface area contributed by atoms with Crippen molar-refractivity contribution in [2.75, 3.05) is 0 Å². The SMILES string of the molecule is Cn1ncnc1Sc1c(F)cccc1C(=O)O. The summed E-state index contributed by atoms with van der Waals surface area (Å²) in [5.41, 5.74) is -0.0852. The molecule has 17 heavy (non-hydrogen) atoms. The van der Waals surface area contributed by atoms with Crippen LogP contribution in [0.1, 0.15) is 10.4 Å². The van der Waals surface area contributed by atoms with Gasteiger partial charge in [0.1, 0.15) is 12.1 Å². The number of hydrogen-bond donors (Lipinski definition) is 1. The monoisotopic (exact) mass is 253 g/mol. The summed E-state index contributed by atoms with van der Waals surface area (Å²) in [6.07, 6.45) is 1.32. The number of carboxylic acid groups (broad SMARTS) is 1. The topological polar surface area (TPSA) is 68.0 Å². The van der Waals surface area contributed by atoms with Crippen LogP contribution in [-0.2, 0) is 7.05 Å². The number of carbonyl (C=O) groups is 1. The minimum Gasteiger partial charge on any atom is -0.478 e. The van der Waals surface area contributed by atoms with Crippen molar-refractivity contribution in [1.29, 1.82) is 0 Å². The van der Waals surface area contributed by atoms with Gasteiger partial charge in [0.15, 0.2) is 5.16 Å². The van der Waals surface area contributed by atoms with Crippen LogP contribution in [0.2, 0.25) is 0 Å². The van der Waals surface area contributed by atoms with Crippen molar-refractivity contribution in [3.05, 3.63) is 35.9 Å². The van der Waals surface area contributed by atoms with Gasteiger partial charge in [-0.25, -0.2) is 18.9 Å². The van der Waals surface area contributed by atoms with E-state index in [-0.39, 0.29) is 10.5 Å². The Labute approximate surface area is 100 Å². The van der Waals surface area contributed by atoms with E-state index < -0.39 is 11.8 Å². The zero-order valence-corrected chi connectivity index (χ0v) is 9.61. The molecule has 0 fully saturated rings. The molecule has 1 N–H and O–H groups in total. The molecule has 0 saturated heterocycles. The first kappa shape index (κ1) is 11.6. The number of aromatic carboxylic acids is 1. The third-order valence-electron chi connectivity index (χ3n) is 2.06. The minimum atomic E-state index is -1.17. The van der Waals surface area contributed by atoms with Crippen LogP contribution in [0, 0.1) is 5.82 Å². The third kappa shape index (κ3) is 2.28. The molecular formula is C10H8FN3O2S. The maximum Gasteiger partial charge on any atom is 0.336 e. The Balaban J connectivity index is 2.45. The van der Waals surface area contributed by atoms with Gasteiger partial charge >= 0.3 is 5.97 Å². The number of benzene rings is 1. The van der Waals surface area contributed by atoms with Crippen molar-refractivity contribution < 1.29 is 14.3 Å². The number of nitrogens with zero attached hydrogens (tertiary/aromatic N) is 3. The summed E-state index contributed by atoms with van der Waals surface area (Å²) in [6.45, 7) is 0. The molecule has 0 aliphatic heterocycles. The first-order valence-electron chi connectivity index (χ1n) is 4.63. The Kier molecular flexibility index (Phi) is 3.10. The Morgan fingerprint density at radius 1 is 1.53 bits per heavy atom. The Hall–Kier alpha value is -1.89. The summed E-state index contributed by atoms with van der Waals surface area (Å²) >= 11 is 0.936. The molecule has 0 aliphatic rings. The van der Waals surface area contributed by atoms with Crippen LogP contribution < -0.4 is 0 Å². The fourth-order valence-corrected chi connectivity index (χ4v) is 2.14. The zero-order valence-electron chi connectivity index (χ0n) is 8.79. The van der Waals surface area contributed by atoms with E-state index in [0.29, 0.717) is 5.16 Å². The van der Waals surface area contributed by atoms with E-state index in [1.165, 1.54) is 29.2 Å². The van der Waals surface area contributed by atoms with Gasteiger partial charge in [-0.1, -0.05) is 6.07 Å². The highest BCUT2D eigenvalue weighted by Crippen LogP contribution is 2.30. The summed E-state index contributed by atoms with van der Waals surface area (Å²) in [5.74, 6) is -1.76. The molecule has 1 aromatic carbocycles. The molecule has 7 heteroatoms. The van der Waals surface area contributed by atoms with Crippen molar-refractivity contribution >= 4 is 17.7 Å². The van der Waals surface area contributed by atoms with E-state index in [2.05, 4.69) is 10.1 Å². The predicted octanol–water partition coefficient (Wildman–Crippen LogP) is 1.80. The molecule has 0 amide bonds. The number of rotatable bonds is 3. The van der Waals surface area contributed by atoms with Gasteiger partial charge in [-0.05, 0) is 23.9 Å². The summed E-state index contributed by atoms with van der Waals surface area (Å²) in [7, 11) is 1.65. The molecule has 2 aromatic rings. The summed E-state index contributed by atoms with van der Waals surface area (Å²) in [4.78, 5) is 14.9. The van der Waals surface area contributed by atoms with Gasteiger partial charge in [-0.2, -0.15) is 5.10 Å². The quantitative estimate of drug-likeness (QED) is 0.903. The lowest BCUT2D eigenvalue weighted by Crippen LogP contribution is -2.02. The fraction of sp³-hybridized carbons (Fsp3) is 0.100. The molecule has 0 spiro atoms. The molecule has 5 nitrogen and oxygen atoms in total. The molecule has 88 valence electrons. The van der Waals surface area contributed by atoms with E-state index in [0.717, 1.165) is 11.8 Å². The van der Waals surface area contributed by atoms with Crippen molar-refractivity contribution in [2.45, 2.75) is 10.1 Å². The highest BCUT2D eigenvalue weighted by Gasteiger charge is 2.17. The fourth-order valence-electron chi connectivity index (χ4n) is 1.25. The largest absolute Gasteiger partial charge is 0.478 e. The molecule has 1 aromatic heterocycles. The smallest absolute Gasteiger partial charge is 0.336 e. The molecule has 0 unspecified atom stereocenters. The molecule has 0 bridgehead atoms. The Morgan fingerprint density at radius 3 is 2.88 bits per heavy atom. The molecule has 0 radical (unpaired) electrons. The average Bonchev–Trinajstić information content (AvgIpc) is 2.67. The van der Waals surface area contributed by atoms with Crippen molar-refractivity contribution in [1.82, 2.24) is 14.8 Å². The minimum absolute atomic E-state index is 0.0381. The highest BCUT2D eigenvalue weighted by atomic mass is 32.2. The maximum absolute atomic E-state index is 13.6. The number of hydrogen-bond acceptors (Lipinski definition) is 4. The van der Waals surface area contributed by atoms with Gasteiger partial charge in [-0.15, -0.1) is 0 Å². The summed E-state index contributed by atoms with van der Waals surface area (Å²) in [6, 6.07) is 3.93. The third-order valence-corrected chi connectivity index (χ3v) is 3.23. The van der Waals surface area contributed by atoms with E-state index >= 15 is 0 Å². The van der Waals surface area contributed by atoms with Crippen LogP contribution in [0.4, 0.5) is 4.39 Å². The van der Waals surface area contributed by atoms with E-state index in [9.17, 15) is 9.18 Å². The van der Waals surface area contributed by atoms with Crippen LogP contribution in [0.5, 0.6) is 0 Å². The number of halogens is 1. The van der Waals surface area contributed by atoms with Crippen molar-refractivity contribution in [3.63, 3.8) is 0 Å². The van der Waals surface area contributed by atoms with Gasteiger partial charge in [-0.3, -0.25) is 0 Å². The molecule has 1 heterocycles. The molecule has 0 atom stereocenters. The van der Waals surface area contributed by atoms with Crippen LogP contribution in [0.15, 0.2) is 34.6 Å². The first-order chi connectivity index (χ1) is 8.09. The Morgan fingerprint density at radius 2 is 2.29 bits per heavy atom. The number of carboxylic acids is 1. The van der Waals surface area contributed by atoms with E-state index in [4.69, 9.17) is 5.11 Å². The predicted molar refractivity (Wildman–Crippen MR) is 58.5 cm³/mol. The number of aryl methyl sites for hydroxylation is 1. The lowest BCUT2D eigenvalue weighted by molar-refractivity contribution is 0.0692. The van der Waals surface area contributed by atoms with Gasteiger partial charge in [0, 0.05) is 7.05 Å². The summed E-state index contributed by atoms with van der Waals surface area (Å²) in [5, 5.41) is 13.2. The number of aromatic nitrogens is 3. The second kappa shape index (κ2) is 4.54. The van der Waals surface area contributed by atoms with Gasteiger partial charge in [0.05, 0.1) is 10.5 Å². The maximum atomic E-state index is 13.6. The zero-order chi connectivity index (χ0) is 12.4. The molecule has 2 rings (SSSR count). The lowest BCUT2D eigenvalue weighted by Gasteiger charge is -2.05. The second-order valence-corrected chi connectivity index (χ2v) is 4.17. The van der Waals surface area contributed by atoms with Gasteiger partial charge in [0.2, 0.25) is 0 Å². The van der Waals surface area contributed by atoms with Crippen LogP contribution >= 0.6 is 11.8 Å². The van der Waals surface area contributed by atoms with Crippen molar-refractivity contribution in [3.8, 4) is 0 Å². The van der Waals surface area contributed by atoms with Crippen LogP contribution in [-0.4, -0.2) is 25.8 Å². The lowest BCUT2D eigenvalue weighted by atomic mass is 10.2. The van der Waals surface area contributed by atoms with Crippen LogP contribution in [0.25, 0.3) is 0 Å². The molecular weight excluding hydrogens is 245 g/mol. The van der Waals surface area contributed by atoms with E-state index in [1.807, 2.05) is 0 Å². The summed E-state index contributed by atoms with van der Waals surface area (Å²) < 4.78 is 15.0. The van der Waals surface area contributed by atoms with Crippen molar-refractivity contribution in [2.24, 2.45) is 7.05 Å². The van der Waals surface area contributed by atoms with E-state index in [1.54, 1.807) is 7.05 Å². The Bertz CT molecular complexity index is 570. The van der Waals surface area contributed by atoms with Gasteiger partial charge < -0.3 is 5.11 Å². The molecule has 0 aliphatic carbocycles. The van der Waals surface area contributed by atoms with Gasteiger partial charge in [0.25, 0.3) is 0 Å². The second-order valence-electron chi connectivity index (χ2n) is 3.19. The normalized spacial score (nSPS) is 10.5. The standard InChI is InChI=1S/C10H8FN3O2S/c1-14-10(12-5-13-14)17-8-6(9(15)16)3-2-4-7(8)11/h2-5H,1H3,(H,15,16). The highest BCUT2D eigenvalue weighted by molar-refractivity contribution is 7.99. The molecule has 0 saturated carbocycles. The first-order valence-corrected chi connectivity index (χ1v) is 5.45.